The Bertz CT molecular complexity index is 36.0. The molecule has 0 saturated carbocycles. The third-order valence-corrected chi connectivity index (χ3v) is 0.575. The molecule has 0 bridgehead atoms. The third kappa shape index (κ3) is 51.1. The summed E-state index contributed by atoms with van der Waals surface area (Å²) in [6, 6.07) is 0. The first-order valence-electron chi connectivity index (χ1n) is 4.13. The highest BCUT2D eigenvalue weighted by molar-refractivity contribution is 4.74. The highest BCUT2D eigenvalue weighted by Gasteiger charge is 1.66. The Balaban J connectivity index is -0.000000105. The second-order valence-corrected chi connectivity index (χ2v) is 1.15. The van der Waals surface area contributed by atoms with Gasteiger partial charge in [0.1, 0.15) is 0 Å². The molecule has 0 rings (SSSR count). The standard InChI is InChI=1S/C6H10.2C2H6/c1-3-5-6-4-2;2*1-2/h3-4H,1-2,5-6H2;2*1-2H3. The Morgan fingerprint density at radius 2 is 1.00 bits per heavy atom. The van der Waals surface area contributed by atoms with Gasteiger partial charge in [0.2, 0.25) is 0 Å². The average Bonchev–Trinajstić information content (AvgIpc) is 2.08. The summed E-state index contributed by atoms with van der Waals surface area (Å²) in [5.74, 6) is 0. The molecule has 0 N–H and O–H groups in total. The van der Waals surface area contributed by atoms with Crippen molar-refractivity contribution in [2.24, 2.45) is 0 Å². The minimum atomic E-state index is 1.06. The van der Waals surface area contributed by atoms with E-state index in [1.165, 1.54) is 0 Å². The smallest absolute Gasteiger partial charge is 0.0319 e. The molecule has 0 unspecified atom stereocenters. The van der Waals surface area contributed by atoms with E-state index in [1.54, 1.807) is 0 Å². The van der Waals surface area contributed by atoms with Crippen molar-refractivity contribution in [3.05, 3.63) is 25.3 Å². The largest absolute Gasteiger partial charge is 0.103 e. The van der Waals surface area contributed by atoms with Crippen LogP contribution in [0.2, 0.25) is 0 Å². The maximum atomic E-state index is 3.55. The number of hydrogen-bond donors (Lipinski definition) is 0. The molecule has 62 valence electrons. The highest BCUT2D eigenvalue weighted by Crippen LogP contribution is 1.86. The van der Waals surface area contributed by atoms with Crippen molar-refractivity contribution in [3.63, 3.8) is 0 Å². The summed E-state index contributed by atoms with van der Waals surface area (Å²) in [6.45, 7) is 15.1. The zero-order chi connectivity index (χ0) is 8.83. The zero-order valence-electron chi connectivity index (χ0n) is 7.98. The van der Waals surface area contributed by atoms with Crippen molar-refractivity contribution in [1.82, 2.24) is 0 Å². The monoisotopic (exact) mass is 142 g/mol. The molecular formula is C10H22. The third-order valence-electron chi connectivity index (χ3n) is 0.575. The van der Waals surface area contributed by atoms with Crippen LogP contribution in [0.15, 0.2) is 25.3 Å². The molecule has 0 aromatic carbocycles. The van der Waals surface area contributed by atoms with Gasteiger partial charge in [0.15, 0.2) is 0 Å². The van der Waals surface area contributed by atoms with Gasteiger partial charge in [0, 0.05) is 0 Å². The zero-order valence-corrected chi connectivity index (χ0v) is 7.98. The second kappa shape index (κ2) is 39.2. The fourth-order valence-corrected chi connectivity index (χ4v) is 0.236. The number of allylic oxidation sites excluding steroid dienone is 2. The lowest BCUT2D eigenvalue weighted by atomic mass is 10.3. The molecule has 0 aromatic rings. The van der Waals surface area contributed by atoms with E-state index in [0.29, 0.717) is 0 Å². The predicted octanol–water partition coefficient (Wildman–Crippen LogP) is 4.19. The van der Waals surface area contributed by atoms with Gasteiger partial charge in [-0.1, -0.05) is 39.8 Å². The summed E-state index contributed by atoms with van der Waals surface area (Å²) in [4.78, 5) is 0. The number of hydrogen-bond acceptors (Lipinski definition) is 0. The summed E-state index contributed by atoms with van der Waals surface area (Å²) in [6.07, 6.45) is 5.90. The summed E-state index contributed by atoms with van der Waals surface area (Å²) in [5, 5.41) is 0. The first-order chi connectivity index (χ1) is 4.91. The van der Waals surface area contributed by atoms with Crippen molar-refractivity contribution < 1.29 is 0 Å². The molecule has 0 nitrogen and oxygen atoms in total. The fraction of sp³-hybridized carbons (Fsp3) is 0.600. The summed E-state index contributed by atoms with van der Waals surface area (Å²) < 4.78 is 0. The van der Waals surface area contributed by atoms with Gasteiger partial charge in [-0.2, -0.15) is 0 Å². The van der Waals surface area contributed by atoms with Gasteiger partial charge >= 0.3 is 0 Å². The molecule has 0 atom stereocenters. The van der Waals surface area contributed by atoms with Crippen molar-refractivity contribution in [3.8, 4) is 0 Å². The molecular weight excluding hydrogens is 120 g/mol. The SMILES string of the molecule is C=CCCC=C.CC.CC. The van der Waals surface area contributed by atoms with Crippen molar-refractivity contribution in [2.45, 2.75) is 40.5 Å². The highest BCUT2D eigenvalue weighted by atomic mass is 13.7. The van der Waals surface area contributed by atoms with E-state index in [4.69, 9.17) is 0 Å². The van der Waals surface area contributed by atoms with Gasteiger partial charge in [-0.3, -0.25) is 0 Å². The van der Waals surface area contributed by atoms with Crippen molar-refractivity contribution in [2.75, 3.05) is 0 Å². The van der Waals surface area contributed by atoms with Crippen LogP contribution in [-0.2, 0) is 0 Å². The molecule has 0 aliphatic carbocycles. The van der Waals surface area contributed by atoms with Crippen LogP contribution in [0.5, 0.6) is 0 Å². The lowest BCUT2D eigenvalue weighted by Gasteiger charge is -1.76. The second-order valence-electron chi connectivity index (χ2n) is 1.15. The molecule has 0 spiro atoms. The number of unbranched alkanes of at least 4 members (excludes halogenated alkanes) is 1. The van der Waals surface area contributed by atoms with Crippen LogP contribution in [0.1, 0.15) is 40.5 Å². The molecule has 0 amide bonds. The normalized spacial score (nSPS) is 5.60. The Hall–Kier alpha value is -0.520. The predicted molar refractivity (Wildman–Crippen MR) is 52.3 cm³/mol. The molecule has 0 heteroatoms. The molecule has 0 heterocycles. The van der Waals surface area contributed by atoms with E-state index in [2.05, 4.69) is 13.2 Å². The average molecular weight is 142 g/mol. The maximum Gasteiger partial charge on any atom is -0.0319 e. The van der Waals surface area contributed by atoms with Crippen molar-refractivity contribution >= 4 is 0 Å². The van der Waals surface area contributed by atoms with Crippen LogP contribution in [0.3, 0.4) is 0 Å². The maximum absolute atomic E-state index is 3.55. The van der Waals surface area contributed by atoms with Gasteiger partial charge in [0.25, 0.3) is 0 Å². The quantitative estimate of drug-likeness (QED) is 0.409. The molecule has 10 heavy (non-hydrogen) atoms. The minimum absolute atomic E-state index is 1.06. The molecule has 0 aliphatic heterocycles. The van der Waals surface area contributed by atoms with Crippen LogP contribution < -0.4 is 0 Å². The van der Waals surface area contributed by atoms with E-state index in [0.717, 1.165) is 12.8 Å². The van der Waals surface area contributed by atoms with Crippen LogP contribution in [0, 0.1) is 0 Å². The van der Waals surface area contributed by atoms with Crippen LogP contribution in [0.25, 0.3) is 0 Å². The molecule has 0 aliphatic rings. The van der Waals surface area contributed by atoms with E-state index >= 15 is 0 Å². The lowest BCUT2D eigenvalue weighted by molar-refractivity contribution is 1.06. The minimum Gasteiger partial charge on any atom is -0.103 e. The van der Waals surface area contributed by atoms with Gasteiger partial charge in [-0.15, -0.1) is 13.2 Å². The summed E-state index contributed by atoms with van der Waals surface area (Å²) in [7, 11) is 0. The Morgan fingerprint density at radius 1 is 0.800 bits per heavy atom. The lowest BCUT2D eigenvalue weighted by Crippen LogP contribution is -1.56. The summed E-state index contributed by atoms with van der Waals surface area (Å²) in [5.41, 5.74) is 0. The molecule has 0 radical (unpaired) electrons. The topological polar surface area (TPSA) is 0 Å². The molecule has 0 fully saturated rings. The Labute approximate surface area is 66.7 Å². The number of rotatable bonds is 3. The fourth-order valence-electron chi connectivity index (χ4n) is 0.236. The van der Waals surface area contributed by atoms with Crippen LogP contribution in [-0.4, -0.2) is 0 Å². The van der Waals surface area contributed by atoms with Gasteiger partial charge in [-0.25, -0.2) is 0 Å². The first kappa shape index (κ1) is 16.2. The van der Waals surface area contributed by atoms with Gasteiger partial charge < -0.3 is 0 Å². The van der Waals surface area contributed by atoms with E-state index in [-0.39, 0.29) is 0 Å². The van der Waals surface area contributed by atoms with E-state index in [9.17, 15) is 0 Å². The van der Waals surface area contributed by atoms with Crippen LogP contribution in [0.4, 0.5) is 0 Å². The summed E-state index contributed by atoms with van der Waals surface area (Å²) >= 11 is 0. The Morgan fingerprint density at radius 3 is 1.10 bits per heavy atom. The van der Waals surface area contributed by atoms with Gasteiger partial charge in [0.05, 0.1) is 0 Å². The van der Waals surface area contributed by atoms with E-state index < -0.39 is 0 Å². The Kier molecular flexibility index (Phi) is 63.6. The van der Waals surface area contributed by atoms with E-state index in [1.807, 2.05) is 39.8 Å². The van der Waals surface area contributed by atoms with Crippen LogP contribution >= 0.6 is 0 Å². The molecule has 0 aromatic heterocycles. The molecule has 0 saturated heterocycles. The first-order valence-corrected chi connectivity index (χ1v) is 4.13. The van der Waals surface area contributed by atoms with Crippen molar-refractivity contribution in [1.29, 1.82) is 0 Å². The van der Waals surface area contributed by atoms with Gasteiger partial charge in [-0.05, 0) is 12.8 Å².